The second kappa shape index (κ2) is 5.98. The molecular formula is C10H21BrO. The predicted molar refractivity (Wildman–Crippen MR) is 57.8 cm³/mol. The topological polar surface area (TPSA) is 9.23 Å². The summed E-state index contributed by atoms with van der Waals surface area (Å²) >= 11 is 3.52. The zero-order valence-corrected chi connectivity index (χ0v) is 10.3. The summed E-state index contributed by atoms with van der Waals surface area (Å²) < 4.78 is 5.53. The quantitative estimate of drug-likeness (QED) is 0.525. The van der Waals surface area contributed by atoms with Gasteiger partial charge in [0, 0.05) is 11.9 Å². The van der Waals surface area contributed by atoms with Gasteiger partial charge in [-0.25, -0.2) is 0 Å². The lowest BCUT2D eigenvalue weighted by Gasteiger charge is -2.28. The van der Waals surface area contributed by atoms with E-state index in [0.717, 1.165) is 25.0 Å². The molecule has 0 bridgehead atoms. The molecule has 1 nitrogen and oxygen atoms in total. The number of rotatable bonds is 5. The Hall–Kier alpha value is 0.440. The van der Waals surface area contributed by atoms with E-state index in [1.165, 1.54) is 0 Å². The third kappa shape index (κ3) is 5.15. The maximum atomic E-state index is 5.53. The Labute approximate surface area is 85.0 Å². The molecule has 0 aromatic rings. The minimum absolute atomic E-state index is 0.344. The van der Waals surface area contributed by atoms with Crippen LogP contribution in [0.1, 0.15) is 34.1 Å². The zero-order chi connectivity index (χ0) is 9.61. The highest BCUT2D eigenvalue weighted by Gasteiger charge is 2.23. The van der Waals surface area contributed by atoms with E-state index in [0.29, 0.717) is 11.3 Å². The van der Waals surface area contributed by atoms with Crippen LogP contribution in [0.25, 0.3) is 0 Å². The van der Waals surface area contributed by atoms with Crippen LogP contribution in [0.5, 0.6) is 0 Å². The van der Waals surface area contributed by atoms with Gasteiger partial charge in [-0.1, -0.05) is 43.6 Å². The molecule has 1 unspecified atom stereocenters. The third-order valence-electron chi connectivity index (χ3n) is 2.08. The first-order valence-electron chi connectivity index (χ1n) is 4.66. The van der Waals surface area contributed by atoms with Crippen molar-refractivity contribution in [1.82, 2.24) is 0 Å². The Kier molecular flexibility index (Phi) is 6.20. The summed E-state index contributed by atoms with van der Waals surface area (Å²) in [4.78, 5) is 0. The van der Waals surface area contributed by atoms with Crippen molar-refractivity contribution >= 4 is 15.9 Å². The summed E-state index contributed by atoms with van der Waals surface area (Å²) in [7, 11) is 0. The van der Waals surface area contributed by atoms with Gasteiger partial charge in [-0.3, -0.25) is 0 Å². The molecular weight excluding hydrogens is 216 g/mol. The fraction of sp³-hybridized carbons (Fsp3) is 1.00. The maximum Gasteiger partial charge on any atom is 0.0507 e. The molecule has 74 valence electrons. The first-order valence-corrected chi connectivity index (χ1v) is 5.78. The van der Waals surface area contributed by atoms with Crippen molar-refractivity contribution < 1.29 is 4.74 Å². The zero-order valence-electron chi connectivity index (χ0n) is 8.69. The van der Waals surface area contributed by atoms with E-state index in [9.17, 15) is 0 Å². The molecule has 0 heterocycles. The summed E-state index contributed by atoms with van der Waals surface area (Å²) in [6, 6.07) is 0. The third-order valence-corrected chi connectivity index (χ3v) is 2.86. The van der Waals surface area contributed by atoms with Gasteiger partial charge in [0.2, 0.25) is 0 Å². The van der Waals surface area contributed by atoms with Crippen LogP contribution < -0.4 is 0 Å². The number of halogens is 1. The molecule has 0 spiro atoms. The van der Waals surface area contributed by atoms with Gasteiger partial charge in [0.25, 0.3) is 0 Å². The molecule has 0 saturated heterocycles. The van der Waals surface area contributed by atoms with E-state index in [1.54, 1.807) is 0 Å². The molecule has 2 heteroatoms. The Balaban J connectivity index is 3.68. The molecule has 0 fully saturated rings. The van der Waals surface area contributed by atoms with Crippen LogP contribution in [0.4, 0.5) is 0 Å². The molecule has 0 rings (SSSR count). The molecule has 0 aliphatic heterocycles. The molecule has 0 amide bonds. The molecule has 1 atom stereocenters. The maximum absolute atomic E-state index is 5.53. The highest BCUT2D eigenvalue weighted by molar-refractivity contribution is 9.09. The Bertz CT molecular complexity index is 107. The minimum Gasteiger partial charge on any atom is -0.381 e. The van der Waals surface area contributed by atoms with Gasteiger partial charge < -0.3 is 4.74 Å². The molecule has 0 saturated carbocycles. The highest BCUT2D eigenvalue weighted by Crippen LogP contribution is 2.27. The van der Waals surface area contributed by atoms with E-state index in [1.807, 2.05) is 0 Å². The van der Waals surface area contributed by atoms with Gasteiger partial charge in [0.05, 0.1) is 6.61 Å². The van der Waals surface area contributed by atoms with Crippen molar-refractivity contribution in [3.63, 3.8) is 0 Å². The average Bonchev–Trinajstić information content (AvgIpc) is 1.95. The summed E-state index contributed by atoms with van der Waals surface area (Å²) in [5.74, 6) is 0.615. The Morgan fingerprint density at radius 1 is 1.33 bits per heavy atom. The molecule has 0 radical (unpaired) electrons. The smallest absolute Gasteiger partial charge is 0.0507 e. The number of hydrogen-bond donors (Lipinski definition) is 0. The van der Waals surface area contributed by atoms with Crippen molar-refractivity contribution in [3.8, 4) is 0 Å². The van der Waals surface area contributed by atoms with Crippen molar-refractivity contribution in [2.75, 3.05) is 18.5 Å². The average molecular weight is 237 g/mol. The van der Waals surface area contributed by atoms with E-state index in [2.05, 4.69) is 43.6 Å². The van der Waals surface area contributed by atoms with Crippen molar-refractivity contribution in [1.29, 1.82) is 0 Å². The van der Waals surface area contributed by atoms with Gasteiger partial charge in [-0.15, -0.1) is 0 Å². The van der Waals surface area contributed by atoms with Crippen molar-refractivity contribution in [3.05, 3.63) is 0 Å². The molecule has 0 aliphatic carbocycles. The van der Waals surface area contributed by atoms with Crippen molar-refractivity contribution in [2.45, 2.75) is 34.1 Å². The SMILES string of the molecule is CCCOCC(CBr)C(C)(C)C. The van der Waals surface area contributed by atoms with Crippen LogP contribution in [0.15, 0.2) is 0 Å². The van der Waals surface area contributed by atoms with Gasteiger partial charge in [0.15, 0.2) is 0 Å². The lowest BCUT2D eigenvalue weighted by atomic mass is 9.83. The first-order chi connectivity index (χ1) is 5.52. The van der Waals surface area contributed by atoms with Crippen LogP contribution in [-0.4, -0.2) is 18.5 Å². The molecule has 0 aliphatic rings. The van der Waals surface area contributed by atoms with Gasteiger partial charge in [0.1, 0.15) is 0 Å². The lowest BCUT2D eigenvalue weighted by Crippen LogP contribution is -2.26. The number of alkyl halides is 1. The Morgan fingerprint density at radius 2 is 1.92 bits per heavy atom. The normalized spacial score (nSPS) is 14.8. The first kappa shape index (κ1) is 12.4. The number of hydrogen-bond acceptors (Lipinski definition) is 1. The van der Waals surface area contributed by atoms with E-state index in [-0.39, 0.29) is 0 Å². The standard InChI is InChI=1S/C10H21BrO/c1-5-6-12-8-9(7-11)10(2,3)4/h9H,5-8H2,1-4H3. The van der Waals surface area contributed by atoms with Crippen LogP contribution >= 0.6 is 15.9 Å². The molecule has 0 aromatic heterocycles. The molecule has 0 N–H and O–H groups in total. The minimum atomic E-state index is 0.344. The van der Waals surface area contributed by atoms with E-state index < -0.39 is 0 Å². The summed E-state index contributed by atoms with van der Waals surface area (Å²) in [6.45, 7) is 10.7. The largest absolute Gasteiger partial charge is 0.381 e. The summed E-state index contributed by atoms with van der Waals surface area (Å²) in [5, 5.41) is 1.03. The second-order valence-corrected chi connectivity index (χ2v) is 4.94. The second-order valence-electron chi connectivity index (χ2n) is 4.29. The summed E-state index contributed by atoms with van der Waals surface area (Å²) in [6.07, 6.45) is 1.11. The fourth-order valence-electron chi connectivity index (χ4n) is 0.896. The van der Waals surface area contributed by atoms with Crippen LogP contribution in [0.2, 0.25) is 0 Å². The van der Waals surface area contributed by atoms with E-state index >= 15 is 0 Å². The molecule has 12 heavy (non-hydrogen) atoms. The van der Waals surface area contributed by atoms with Crippen LogP contribution in [-0.2, 0) is 4.74 Å². The fourth-order valence-corrected chi connectivity index (χ4v) is 2.05. The van der Waals surface area contributed by atoms with Gasteiger partial charge in [-0.05, 0) is 17.8 Å². The monoisotopic (exact) mass is 236 g/mol. The highest BCUT2D eigenvalue weighted by atomic mass is 79.9. The summed E-state index contributed by atoms with van der Waals surface area (Å²) in [5.41, 5.74) is 0.344. The molecule has 0 aromatic carbocycles. The Morgan fingerprint density at radius 3 is 2.25 bits per heavy atom. The van der Waals surface area contributed by atoms with Gasteiger partial charge in [-0.2, -0.15) is 0 Å². The van der Waals surface area contributed by atoms with Crippen LogP contribution in [0.3, 0.4) is 0 Å². The van der Waals surface area contributed by atoms with E-state index in [4.69, 9.17) is 4.74 Å². The van der Waals surface area contributed by atoms with Crippen molar-refractivity contribution in [2.24, 2.45) is 11.3 Å². The lowest BCUT2D eigenvalue weighted by molar-refractivity contribution is 0.0671. The van der Waals surface area contributed by atoms with Crippen LogP contribution in [0, 0.1) is 11.3 Å². The number of ether oxygens (including phenoxy) is 1. The van der Waals surface area contributed by atoms with Gasteiger partial charge >= 0.3 is 0 Å². The predicted octanol–water partition coefficient (Wildman–Crippen LogP) is 3.47.